The Morgan fingerprint density at radius 3 is 2.64 bits per heavy atom. The molecule has 0 saturated heterocycles. The molecule has 2 nitrogen and oxygen atoms in total. The molecule has 1 aromatic heterocycles. The van der Waals surface area contributed by atoms with Crippen LogP contribution in [0, 0.1) is 6.92 Å². The maximum atomic E-state index is 5.18. The van der Waals surface area contributed by atoms with E-state index in [-0.39, 0.29) is 0 Å². The van der Waals surface area contributed by atoms with Crippen LogP contribution in [0.4, 0.5) is 0 Å². The molecule has 0 aliphatic rings. The fraction of sp³-hybridized carbons (Fsp3) is 0.167. The van der Waals surface area contributed by atoms with E-state index in [1.54, 1.807) is 7.11 Å². The summed E-state index contributed by atoms with van der Waals surface area (Å²) in [7, 11) is 1.68. The normalized spacial score (nSPS) is 10.1. The minimum Gasteiger partial charge on any atom is -0.497 e. The van der Waals surface area contributed by atoms with E-state index in [0.717, 1.165) is 11.4 Å². The molecule has 0 N–H and O–H groups in total. The molecule has 2 rings (SSSR count). The fourth-order valence-electron chi connectivity index (χ4n) is 1.52. The van der Waals surface area contributed by atoms with E-state index in [2.05, 4.69) is 23.6 Å². The standard InChI is InChI=1S/C12H13NO/c1-10-5-4-8-13(10)11-6-3-7-12(9-11)14-2/h3-9H,1-2H3. The molecule has 0 amide bonds. The molecule has 0 aliphatic carbocycles. The summed E-state index contributed by atoms with van der Waals surface area (Å²) in [6, 6.07) is 12.1. The zero-order valence-corrected chi connectivity index (χ0v) is 8.40. The molecule has 0 unspecified atom stereocenters. The molecular weight excluding hydrogens is 174 g/mol. The minimum absolute atomic E-state index is 0.885. The van der Waals surface area contributed by atoms with Crippen molar-refractivity contribution in [1.82, 2.24) is 4.57 Å². The Balaban J connectivity index is 2.47. The van der Waals surface area contributed by atoms with Gasteiger partial charge < -0.3 is 9.30 Å². The second-order valence-corrected chi connectivity index (χ2v) is 3.22. The van der Waals surface area contributed by atoms with Crippen LogP contribution in [0.1, 0.15) is 5.69 Å². The van der Waals surface area contributed by atoms with Gasteiger partial charge >= 0.3 is 0 Å². The van der Waals surface area contributed by atoms with Crippen LogP contribution in [-0.2, 0) is 0 Å². The molecule has 0 atom stereocenters. The number of hydrogen-bond donors (Lipinski definition) is 0. The highest BCUT2D eigenvalue weighted by Gasteiger charge is 1.99. The highest BCUT2D eigenvalue weighted by atomic mass is 16.5. The van der Waals surface area contributed by atoms with Crippen molar-refractivity contribution >= 4 is 0 Å². The maximum absolute atomic E-state index is 5.18. The Morgan fingerprint density at radius 1 is 1.14 bits per heavy atom. The molecule has 72 valence electrons. The molecule has 1 heterocycles. The van der Waals surface area contributed by atoms with E-state index in [4.69, 9.17) is 4.74 Å². The summed E-state index contributed by atoms with van der Waals surface area (Å²) in [6.45, 7) is 2.08. The largest absolute Gasteiger partial charge is 0.497 e. The van der Waals surface area contributed by atoms with Crippen molar-refractivity contribution in [3.8, 4) is 11.4 Å². The van der Waals surface area contributed by atoms with Gasteiger partial charge in [0.05, 0.1) is 7.11 Å². The summed E-state index contributed by atoms with van der Waals surface area (Å²) in [5, 5.41) is 0. The van der Waals surface area contributed by atoms with Crippen LogP contribution in [0.5, 0.6) is 5.75 Å². The van der Waals surface area contributed by atoms with Gasteiger partial charge in [-0.1, -0.05) is 6.07 Å². The second-order valence-electron chi connectivity index (χ2n) is 3.22. The molecule has 1 aromatic carbocycles. The fourth-order valence-corrected chi connectivity index (χ4v) is 1.52. The summed E-state index contributed by atoms with van der Waals surface area (Å²) in [5.41, 5.74) is 2.35. The van der Waals surface area contributed by atoms with Gasteiger partial charge in [0.1, 0.15) is 5.75 Å². The predicted molar refractivity (Wildman–Crippen MR) is 57.1 cm³/mol. The van der Waals surface area contributed by atoms with E-state index in [1.165, 1.54) is 5.69 Å². The molecule has 0 spiro atoms. The first-order chi connectivity index (χ1) is 6.81. The first-order valence-corrected chi connectivity index (χ1v) is 4.59. The van der Waals surface area contributed by atoms with Crippen molar-refractivity contribution in [2.24, 2.45) is 0 Å². The van der Waals surface area contributed by atoms with Gasteiger partial charge in [-0.05, 0) is 31.2 Å². The smallest absolute Gasteiger partial charge is 0.120 e. The molecule has 2 aromatic rings. The monoisotopic (exact) mass is 187 g/mol. The average Bonchev–Trinajstić information content (AvgIpc) is 2.65. The van der Waals surface area contributed by atoms with Crippen LogP contribution in [0.25, 0.3) is 5.69 Å². The lowest BCUT2D eigenvalue weighted by Gasteiger charge is -2.07. The molecule has 0 aliphatic heterocycles. The van der Waals surface area contributed by atoms with Gasteiger partial charge in [0.2, 0.25) is 0 Å². The van der Waals surface area contributed by atoms with Crippen molar-refractivity contribution in [1.29, 1.82) is 0 Å². The lowest BCUT2D eigenvalue weighted by molar-refractivity contribution is 0.414. The molecule has 0 saturated carbocycles. The van der Waals surface area contributed by atoms with Crippen molar-refractivity contribution in [2.45, 2.75) is 6.92 Å². The Morgan fingerprint density at radius 2 is 2.00 bits per heavy atom. The molecule has 0 fully saturated rings. The summed E-state index contributed by atoms with van der Waals surface area (Å²) in [4.78, 5) is 0. The molecular formula is C12H13NO. The Bertz CT molecular complexity index is 431. The van der Waals surface area contributed by atoms with Crippen molar-refractivity contribution < 1.29 is 4.74 Å². The summed E-state index contributed by atoms with van der Waals surface area (Å²) >= 11 is 0. The number of rotatable bonds is 2. The van der Waals surface area contributed by atoms with Gasteiger partial charge in [-0.15, -0.1) is 0 Å². The third-order valence-corrected chi connectivity index (χ3v) is 2.28. The van der Waals surface area contributed by atoms with E-state index >= 15 is 0 Å². The summed E-state index contributed by atoms with van der Waals surface area (Å²) in [5.74, 6) is 0.885. The van der Waals surface area contributed by atoms with Gasteiger partial charge in [0.25, 0.3) is 0 Å². The van der Waals surface area contributed by atoms with Gasteiger partial charge in [0.15, 0.2) is 0 Å². The van der Waals surface area contributed by atoms with Gasteiger partial charge in [-0.3, -0.25) is 0 Å². The number of aryl methyl sites for hydroxylation is 1. The number of aromatic nitrogens is 1. The van der Waals surface area contributed by atoms with Gasteiger partial charge in [-0.2, -0.15) is 0 Å². The third-order valence-electron chi connectivity index (χ3n) is 2.28. The van der Waals surface area contributed by atoms with Crippen LogP contribution in [-0.4, -0.2) is 11.7 Å². The topological polar surface area (TPSA) is 14.2 Å². The Hall–Kier alpha value is -1.70. The van der Waals surface area contributed by atoms with E-state index < -0.39 is 0 Å². The first kappa shape index (κ1) is 8.88. The first-order valence-electron chi connectivity index (χ1n) is 4.59. The van der Waals surface area contributed by atoms with Crippen molar-refractivity contribution in [3.05, 3.63) is 48.3 Å². The lowest BCUT2D eigenvalue weighted by atomic mass is 10.3. The molecule has 0 radical (unpaired) electrons. The zero-order chi connectivity index (χ0) is 9.97. The third kappa shape index (κ3) is 1.51. The number of ether oxygens (including phenoxy) is 1. The quantitative estimate of drug-likeness (QED) is 0.705. The second kappa shape index (κ2) is 3.58. The summed E-state index contributed by atoms with van der Waals surface area (Å²) < 4.78 is 7.31. The minimum atomic E-state index is 0.885. The van der Waals surface area contributed by atoms with Crippen molar-refractivity contribution in [3.63, 3.8) is 0 Å². The van der Waals surface area contributed by atoms with E-state index in [1.807, 2.05) is 30.5 Å². The number of nitrogens with zero attached hydrogens (tertiary/aromatic N) is 1. The van der Waals surface area contributed by atoms with E-state index in [0.29, 0.717) is 0 Å². The van der Waals surface area contributed by atoms with Crippen LogP contribution < -0.4 is 4.74 Å². The lowest BCUT2D eigenvalue weighted by Crippen LogP contribution is -1.94. The Kier molecular flexibility index (Phi) is 2.27. The van der Waals surface area contributed by atoms with Gasteiger partial charge in [-0.25, -0.2) is 0 Å². The molecule has 0 bridgehead atoms. The van der Waals surface area contributed by atoms with Crippen LogP contribution in [0.2, 0.25) is 0 Å². The van der Waals surface area contributed by atoms with Gasteiger partial charge in [0, 0.05) is 23.6 Å². The maximum Gasteiger partial charge on any atom is 0.120 e. The highest BCUT2D eigenvalue weighted by molar-refractivity contribution is 5.40. The van der Waals surface area contributed by atoms with E-state index in [9.17, 15) is 0 Å². The molecule has 14 heavy (non-hydrogen) atoms. The number of benzene rings is 1. The van der Waals surface area contributed by atoms with Crippen LogP contribution >= 0.6 is 0 Å². The van der Waals surface area contributed by atoms with Crippen molar-refractivity contribution in [2.75, 3.05) is 7.11 Å². The molecule has 2 heteroatoms. The number of hydrogen-bond acceptors (Lipinski definition) is 1. The zero-order valence-electron chi connectivity index (χ0n) is 8.40. The average molecular weight is 187 g/mol. The predicted octanol–water partition coefficient (Wildman–Crippen LogP) is 2.79. The van der Waals surface area contributed by atoms with Crippen LogP contribution in [0.15, 0.2) is 42.6 Å². The number of methoxy groups -OCH3 is 1. The Labute approximate surface area is 83.8 Å². The highest BCUT2D eigenvalue weighted by Crippen LogP contribution is 2.17. The summed E-state index contributed by atoms with van der Waals surface area (Å²) in [6.07, 6.45) is 2.05. The SMILES string of the molecule is COc1cccc(-n2cccc2C)c1. The van der Waals surface area contributed by atoms with Crippen LogP contribution in [0.3, 0.4) is 0 Å².